The van der Waals surface area contributed by atoms with Crippen LogP contribution in [0.15, 0.2) is 12.1 Å². The van der Waals surface area contributed by atoms with Crippen LogP contribution in [0.25, 0.3) is 0 Å². The van der Waals surface area contributed by atoms with E-state index in [1.807, 2.05) is 0 Å². The van der Waals surface area contributed by atoms with Crippen LogP contribution in [0.1, 0.15) is 36.0 Å². The van der Waals surface area contributed by atoms with Crippen molar-refractivity contribution < 1.29 is 22.8 Å². The number of ketones is 1. The van der Waals surface area contributed by atoms with E-state index < -0.39 is 40.3 Å². The first-order chi connectivity index (χ1) is 10.8. The molecule has 0 unspecified atom stereocenters. The molecule has 2 N–H and O–H groups in total. The molecule has 2 fully saturated rings. The van der Waals surface area contributed by atoms with Gasteiger partial charge < -0.3 is 10.6 Å². The summed E-state index contributed by atoms with van der Waals surface area (Å²) in [6, 6.07) is 1.00. The van der Waals surface area contributed by atoms with Crippen molar-refractivity contribution in [3.05, 3.63) is 35.1 Å². The van der Waals surface area contributed by atoms with E-state index in [1.165, 1.54) is 0 Å². The highest BCUT2D eigenvalue weighted by Crippen LogP contribution is 2.35. The lowest BCUT2D eigenvalue weighted by molar-refractivity contribution is -0.134. The molecule has 0 spiro atoms. The second-order valence-electron chi connectivity index (χ2n) is 6.33. The van der Waals surface area contributed by atoms with Gasteiger partial charge in [0, 0.05) is 31.1 Å². The predicted molar refractivity (Wildman–Crippen MR) is 83.4 cm³/mol. The van der Waals surface area contributed by atoms with Gasteiger partial charge >= 0.3 is 0 Å². The summed E-state index contributed by atoms with van der Waals surface area (Å²) in [5.41, 5.74) is 4.41. The number of nitrogens with two attached hydrogens (primary N) is 1. The van der Waals surface area contributed by atoms with Gasteiger partial charge in [-0.1, -0.05) is 0 Å². The maximum absolute atomic E-state index is 13.7. The van der Waals surface area contributed by atoms with E-state index in [0.29, 0.717) is 50.9 Å². The Morgan fingerprint density at radius 3 is 2.04 bits per heavy atom. The Bertz CT molecular complexity index is 648. The Morgan fingerprint density at radius 2 is 1.58 bits per heavy atom. The number of Topliss-reactive ketones (excluding diaryl/α,β-unsaturated/α-hetero) is 1. The summed E-state index contributed by atoms with van der Waals surface area (Å²) in [5.74, 6) is -4.82. The topological polar surface area (TPSA) is 63.4 Å². The number of rotatable bonds is 3. The van der Waals surface area contributed by atoms with Crippen LogP contribution >= 0.6 is 12.4 Å². The Balaban J connectivity index is 0.00000208. The molecule has 132 valence electrons. The lowest BCUT2D eigenvalue weighted by Gasteiger charge is -2.33. The third-order valence-electron chi connectivity index (χ3n) is 4.62. The van der Waals surface area contributed by atoms with Crippen molar-refractivity contribution in [1.82, 2.24) is 4.90 Å². The molecule has 4 nitrogen and oxygen atoms in total. The minimum absolute atomic E-state index is 0. The predicted octanol–water partition coefficient (Wildman–Crippen LogP) is 2.44. The Kier molecular flexibility index (Phi) is 5.25. The third-order valence-corrected chi connectivity index (χ3v) is 4.62. The van der Waals surface area contributed by atoms with Crippen molar-refractivity contribution in [1.29, 1.82) is 0 Å². The van der Waals surface area contributed by atoms with E-state index in [9.17, 15) is 22.8 Å². The number of likely N-dealkylation sites (tertiary alicyclic amines) is 1. The van der Waals surface area contributed by atoms with Gasteiger partial charge in [-0.15, -0.1) is 12.4 Å². The van der Waals surface area contributed by atoms with Crippen molar-refractivity contribution in [2.75, 3.05) is 13.1 Å². The molecule has 0 bridgehead atoms. The average Bonchev–Trinajstić information content (AvgIpc) is 3.24. The standard InChI is InChI=1S/C16H17F3N2O2.ClH/c17-10-7-11(18)13(12(19)8-10)14(22)9-1-5-21(6-2-9)15(23)16(20)3-4-16;/h7-9H,1-6,20H2;1H. The molecular formula is C16H18ClF3N2O2. The zero-order chi connectivity index (χ0) is 16.8. The minimum atomic E-state index is -1.19. The van der Waals surface area contributed by atoms with Crippen molar-refractivity contribution in [2.45, 2.75) is 31.2 Å². The summed E-state index contributed by atoms with van der Waals surface area (Å²) in [4.78, 5) is 26.0. The van der Waals surface area contributed by atoms with Crippen LogP contribution in [-0.2, 0) is 4.79 Å². The molecule has 24 heavy (non-hydrogen) atoms. The van der Waals surface area contributed by atoms with Gasteiger partial charge in [0.05, 0.1) is 11.1 Å². The Morgan fingerprint density at radius 1 is 1.08 bits per heavy atom. The van der Waals surface area contributed by atoms with Crippen LogP contribution < -0.4 is 5.73 Å². The maximum atomic E-state index is 13.7. The van der Waals surface area contributed by atoms with Gasteiger partial charge in [-0.25, -0.2) is 13.2 Å². The molecule has 0 aromatic heterocycles. The number of hydrogen-bond donors (Lipinski definition) is 1. The largest absolute Gasteiger partial charge is 0.341 e. The van der Waals surface area contributed by atoms with E-state index in [4.69, 9.17) is 5.73 Å². The van der Waals surface area contributed by atoms with Crippen LogP contribution in [-0.4, -0.2) is 35.2 Å². The number of hydrogen-bond acceptors (Lipinski definition) is 3. The lowest BCUT2D eigenvalue weighted by Crippen LogP contribution is -2.49. The minimum Gasteiger partial charge on any atom is -0.341 e. The molecule has 1 heterocycles. The first kappa shape index (κ1) is 18.7. The molecule has 1 aromatic rings. The molecule has 3 rings (SSSR count). The van der Waals surface area contributed by atoms with Gasteiger partial charge in [-0.3, -0.25) is 9.59 Å². The van der Waals surface area contributed by atoms with E-state index >= 15 is 0 Å². The molecule has 0 atom stereocenters. The van der Waals surface area contributed by atoms with Crippen LogP contribution in [0.2, 0.25) is 0 Å². The molecule has 1 aromatic carbocycles. The molecule has 1 amide bonds. The number of piperidine rings is 1. The molecule has 0 radical (unpaired) electrons. The van der Waals surface area contributed by atoms with Crippen LogP contribution in [0, 0.1) is 23.4 Å². The summed E-state index contributed by atoms with van der Waals surface area (Å²) in [6.07, 6.45) is 1.96. The Hall–Kier alpha value is -1.60. The summed E-state index contributed by atoms with van der Waals surface area (Å²) in [7, 11) is 0. The highest BCUT2D eigenvalue weighted by molar-refractivity contribution is 5.98. The van der Waals surface area contributed by atoms with Gasteiger partial charge in [0.15, 0.2) is 5.78 Å². The van der Waals surface area contributed by atoms with Gasteiger partial charge in [0.25, 0.3) is 0 Å². The molecule has 1 aliphatic heterocycles. The third kappa shape index (κ3) is 3.42. The van der Waals surface area contributed by atoms with Gasteiger partial charge in [-0.05, 0) is 25.7 Å². The highest BCUT2D eigenvalue weighted by atomic mass is 35.5. The fourth-order valence-corrected chi connectivity index (χ4v) is 2.99. The normalized spacial score (nSPS) is 19.6. The van der Waals surface area contributed by atoms with Crippen molar-refractivity contribution in [2.24, 2.45) is 11.7 Å². The highest BCUT2D eigenvalue weighted by Gasteiger charge is 2.48. The van der Waals surface area contributed by atoms with E-state index in [0.717, 1.165) is 0 Å². The number of nitrogens with zero attached hydrogens (tertiary/aromatic N) is 1. The summed E-state index contributed by atoms with van der Waals surface area (Å²) in [5, 5.41) is 0. The average molecular weight is 363 g/mol. The molecule has 8 heteroatoms. The van der Waals surface area contributed by atoms with Crippen LogP contribution in [0.5, 0.6) is 0 Å². The molecule has 1 saturated heterocycles. The lowest BCUT2D eigenvalue weighted by atomic mass is 9.88. The fraction of sp³-hybridized carbons (Fsp3) is 0.500. The fourth-order valence-electron chi connectivity index (χ4n) is 2.99. The maximum Gasteiger partial charge on any atom is 0.242 e. The second-order valence-corrected chi connectivity index (χ2v) is 6.33. The Labute approximate surface area is 143 Å². The number of halogens is 4. The monoisotopic (exact) mass is 362 g/mol. The first-order valence-corrected chi connectivity index (χ1v) is 7.59. The quantitative estimate of drug-likeness (QED) is 0.840. The number of amides is 1. The van der Waals surface area contributed by atoms with Gasteiger partial charge in [0.1, 0.15) is 17.5 Å². The molecule has 1 aliphatic carbocycles. The van der Waals surface area contributed by atoms with Crippen molar-refractivity contribution >= 4 is 24.1 Å². The van der Waals surface area contributed by atoms with Gasteiger partial charge in [0.2, 0.25) is 5.91 Å². The molecule has 2 aliphatic rings. The summed E-state index contributed by atoms with van der Waals surface area (Å²) < 4.78 is 40.3. The second kappa shape index (κ2) is 6.72. The van der Waals surface area contributed by atoms with Crippen molar-refractivity contribution in [3.8, 4) is 0 Å². The number of benzene rings is 1. The van der Waals surface area contributed by atoms with E-state index in [2.05, 4.69) is 0 Å². The van der Waals surface area contributed by atoms with E-state index in [1.54, 1.807) is 4.90 Å². The zero-order valence-electron chi connectivity index (χ0n) is 12.9. The first-order valence-electron chi connectivity index (χ1n) is 7.59. The van der Waals surface area contributed by atoms with Crippen LogP contribution in [0.4, 0.5) is 13.2 Å². The number of carbonyl (C=O) groups is 2. The van der Waals surface area contributed by atoms with Crippen LogP contribution in [0.3, 0.4) is 0 Å². The molecule has 1 saturated carbocycles. The summed E-state index contributed by atoms with van der Waals surface area (Å²) in [6.45, 7) is 0.664. The smallest absolute Gasteiger partial charge is 0.242 e. The SMILES string of the molecule is Cl.NC1(C(=O)N2CCC(C(=O)c3c(F)cc(F)cc3F)CC2)CC1. The van der Waals surface area contributed by atoms with Gasteiger partial charge in [-0.2, -0.15) is 0 Å². The van der Waals surface area contributed by atoms with E-state index in [-0.39, 0.29) is 18.3 Å². The van der Waals surface area contributed by atoms with Crippen molar-refractivity contribution in [3.63, 3.8) is 0 Å². The zero-order valence-corrected chi connectivity index (χ0v) is 13.7. The summed E-state index contributed by atoms with van der Waals surface area (Å²) >= 11 is 0. The number of carbonyl (C=O) groups excluding carboxylic acids is 2. The molecular weight excluding hydrogens is 345 g/mol.